The lowest BCUT2D eigenvalue weighted by Crippen LogP contribution is -2.41. The van der Waals surface area contributed by atoms with Crippen molar-refractivity contribution in [3.05, 3.63) is 197 Å². The van der Waals surface area contributed by atoms with Crippen LogP contribution in [-0.2, 0) is 54.2 Å². The van der Waals surface area contributed by atoms with Crippen molar-refractivity contribution in [1.82, 2.24) is 92.0 Å². The number of aromatic amines is 2. The zero-order chi connectivity index (χ0) is 90.9. The van der Waals surface area contributed by atoms with E-state index in [0.717, 1.165) is 146 Å². The van der Waals surface area contributed by atoms with E-state index < -0.39 is 82.9 Å². The summed E-state index contributed by atoms with van der Waals surface area (Å²) in [5.74, 6) is 0.617. The molecule has 0 unspecified atom stereocenters. The standard InChI is InChI=1S/2C21H25FN6O3S2.C21H24FN5O3S2.C20H23FN6O3S2/c2*1-13-4-7-28(18(9-13)17-3-6-24-27(17)2)16-5-8-31-19-11-20(15(22)10-14(16)19)33(29,30)26-21-23-12-25-32-21;1-13-4-8-27(18(10-13)16-2-6-23-25-16)17-5-9-30-19-12-20(15(22)11-14(17)19)32(28,29)26-21-3-7-24-31-21;1-12-3-6-27(17(8-12)15-2-5-23-25-15)16-4-7-30-18-10-19(14(21)9-13(16)18)32(28,29)26-20-22-11-24-31-20/h2*3,6,10-13,16,18H,4-5,7-9H2,1-2H3,(H,23,25,26);2-3,6-7,11-13,17-18,26H,4-5,8-10H2,1H3,(H,23,25);2,5,9-12,16-17H,3-4,6-8H2,1H3,(H,23,25)(H,22,24,26)/t2*13-,16+,18+;13-,17+,18+;12-,16+,17+/m1111/s1. The summed E-state index contributed by atoms with van der Waals surface area (Å²) in [6.07, 6.45) is 23.1. The summed E-state index contributed by atoms with van der Waals surface area (Å²) >= 11 is 3.63. The molecule has 0 aliphatic carbocycles. The molecule has 8 aromatic heterocycles. The monoisotopic (exact) mass is 1940 g/mol. The smallest absolute Gasteiger partial charge is 0.266 e. The highest BCUT2D eigenvalue weighted by atomic mass is 32.2. The van der Waals surface area contributed by atoms with Gasteiger partial charge in [0.05, 0.1) is 73.4 Å². The van der Waals surface area contributed by atoms with E-state index in [1.54, 1.807) is 24.8 Å². The minimum absolute atomic E-state index is 0.0692. The van der Waals surface area contributed by atoms with Gasteiger partial charge in [-0.25, -0.2) is 66.2 Å². The van der Waals surface area contributed by atoms with Crippen molar-refractivity contribution in [3.8, 4) is 23.0 Å². The number of rotatable bonds is 20. The number of halogens is 4. The summed E-state index contributed by atoms with van der Waals surface area (Å²) in [7, 11) is -12.7. The predicted octanol–water partition coefficient (Wildman–Crippen LogP) is 14.6. The quantitative estimate of drug-likeness (QED) is 0.0386. The van der Waals surface area contributed by atoms with Crippen LogP contribution >= 0.6 is 46.1 Å². The number of aryl methyl sites for hydroxylation is 2. The van der Waals surface area contributed by atoms with Gasteiger partial charge in [-0.1, -0.05) is 27.7 Å². The number of hydrogen-bond donors (Lipinski definition) is 6. The number of H-pyrrole nitrogens is 2. The Morgan fingerprint density at radius 3 is 0.938 bits per heavy atom. The molecule has 692 valence electrons. The van der Waals surface area contributed by atoms with Gasteiger partial charge in [-0.3, -0.25) is 58.0 Å². The van der Waals surface area contributed by atoms with Crippen LogP contribution in [0, 0.1) is 46.9 Å². The first-order valence-electron chi connectivity index (χ1n) is 42.7. The molecule has 12 aromatic rings. The molecule has 0 amide bonds. The highest BCUT2D eigenvalue weighted by Crippen LogP contribution is 2.52. The van der Waals surface area contributed by atoms with Crippen LogP contribution in [-0.4, -0.2) is 178 Å². The molecule has 8 aliphatic heterocycles. The van der Waals surface area contributed by atoms with E-state index in [0.29, 0.717) is 126 Å². The normalized spacial score (nSPS) is 23.8. The molecule has 8 aliphatic rings. The molecule has 4 fully saturated rings. The molecular weight excluding hydrogens is 1840 g/mol. The van der Waals surface area contributed by atoms with E-state index >= 15 is 17.6 Å². The lowest BCUT2D eigenvalue weighted by Gasteiger charge is -2.45. The number of ether oxygens (including phenoxy) is 4. The van der Waals surface area contributed by atoms with Crippen LogP contribution in [0.2, 0.25) is 0 Å². The van der Waals surface area contributed by atoms with Crippen molar-refractivity contribution < 1.29 is 70.2 Å². The number of likely N-dealkylation sites (tertiary alicyclic amines) is 4. The van der Waals surface area contributed by atoms with Crippen molar-refractivity contribution in [1.29, 1.82) is 0 Å². The first kappa shape index (κ1) is 91.7. The first-order valence-corrected chi connectivity index (χ1v) is 51.7. The average molecular weight is 1940 g/mol. The molecule has 4 saturated heterocycles. The molecule has 0 radical (unpaired) electrons. The van der Waals surface area contributed by atoms with Gasteiger partial charge in [0.25, 0.3) is 40.1 Å². The molecule has 6 N–H and O–H groups in total. The van der Waals surface area contributed by atoms with Crippen LogP contribution in [0.3, 0.4) is 0 Å². The van der Waals surface area contributed by atoms with E-state index in [1.165, 1.54) is 79.8 Å². The Morgan fingerprint density at radius 1 is 0.362 bits per heavy atom. The number of hydrogen-bond acceptors (Lipinski definition) is 31. The summed E-state index contributed by atoms with van der Waals surface area (Å²) < 4.78 is 214. The maximum absolute atomic E-state index is 15.2. The van der Waals surface area contributed by atoms with E-state index in [-0.39, 0.29) is 63.7 Å². The molecule has 4 aromatic carbocycles. The number of anilines is 4. The minimum atomic E-state index is -4.17. The maximum atomic E-state index is 15.2. The fraction of sp³-hybridized carbons (Fsp3) is 0.458. The topological polar surface area (TPSA) is 418 Å². The molecule has 0 bridgehead atoms. The van der Waals surface area contributed by atoms with E-state index in [9.17, 15) is 33.7 Å². The lowest BCUT2D eigenvalue weighted by atomic mass is 9.87. The van der Waals surface area contributed by atoms with Gasteiger partial charge < -0.3 is 18.9 Å². The van der Waals surface area contributed by atoms with Crippen LogP contribution in [0.1, 0.15) is 198 Å². The molecule has 12 atom stereocenters. The van der Waals surface area contributed by atoms with Crippen molar-refractivity contribution in [2.75, 3.05) is 71.5 Å². The highest BCUT2D eigenvalue weighted by Gasteiger charge is 2.45. The van der Waals surface area contributed by atoms with Gasteiger partial charge in [-0.05, 0) is 167 Å². The predicted molar refractivity (Wildman–Crippen MR) is 477 cm³/mol. The Balaban J connectivity index is 0.000000121. The molecule has 0 saturated carbocycles. The molecule has 47 heteroatoms. The number of nitrogens with zero attached hydrogens (tertiary/aromatic N) is 17. The van der Waals surface area contributed by atoms with Crippen LogP contribution in [0.25, 0.3) is 0 Å². The molecule has 16 heterocycles. The van der Waals surface area contributed by atoms with E-state index in [1.807, 2.05) is 47.7 Å². The fourth-order valence-electron chi connectivity index (χ4n) is 19.0. The Labute approximate surface area is 765 Å². The summed E-state index contributed by atoms with van der Waals surface area (Å²) in [6, 6.07) is 20.2. The van der Waals surface area contributed by atoms with Crippen LogP contribution < -0.4 is 37.8 Å². The Morgan fingerprint density at radius 2 is 0.669 bits per heavy atom. The van der Waals surface area contributed by atoms with Gasteiger partial charge >= 0.3 is 0 Å². The van der Waals surface area contributed by atoms with Crippen LogP contribution in [0.5, 0.6) is 23.0 Å². The van der Waals surface area contributed by atoms with E-state index in [4.69, 9.17) is 18.9 Å². The molecule has 35 nitrogen and oxygen atoms in total. The van der Waals surface area contributed by atoms with Crippen molar-refractivity contribution >= 4 is 107 Å². The third-order valence-electron chi connectivity index (χ3n) is 25.3. The van der Waals surface area contributed by atoms with Gasteiger partial charge in [-0.15, -0.1) is 0 Å². The number of benzene rings is 4. The van der Waals surface area contributed by atoms with Crippen molar-refractivity contribution in [2.24, 2.45) is 37.8 Å². The highest BCUT2D eigenvalue weighted by molar-refractivity contribution is 7.94. The largest absolute Gasteiger partial charge is 0.493 e. The lowest BCUT2D eigenvalue weighted by molar-refractivity contribution is 0.0447. The van der Waals surface area contributed by atoms with E-state index in [2.05, 4.69) is 129 Å². The maximum Gasteiger partial charge on any atom is 0.266 e. The van der Waals surface area contributed by atoms with Gasteiger partial charge in [0, 0.05) is 176 Å². The zero-order valence-electron chi connectivity index (χ0n) is 71.5. The third kappa shape index (κ3) is 19.9. The van der Waals surface area contributed by atoms with Crippen LogP contribution in [0.4, 0.5) is 38.0 Å². The first-order chi connectivity index (χ1) is 62.5. The summed E-state index contributed by atoms with van der Waals surface area (Å²) in [4.78, 5) is 19.1. The summed E-state index contributed by atoms with van der Waals surface area (Å²) in [5.41, 5.74) is 7.02. The van der Waals surface area contributed by atoms with Crippen molar-refractivity contribution in [3.63, 3.8) is 0 Å². The second-order valence-electron chi connectivity index (χ2n) is 33.7. The number of fused-ring (bicyclic) bond motifs is 4. The summed E-state index contributed by atoms with van der Waals surface area (Å²) in [6.45, 7) is 14.1. The van der Waals surface area contributed by atoms with Gasteiger partial charge in [0.2, 0.25) is 15.4 Å². The van der Waals surface area contributed by atoms with Gasteiger partial charge in [0.1, 0.15) is 89.8 Å². The molecule has 130 heavy (non-hydrogen) atoms. The number of piperidine rings is 4. The Hall–Kier alpha value is -10.2. The zero-order valence-corrected chi connectivity index (χ0v) is 78.0. The second kappa shape index (κ2) is 38.9. The average Bonchev–Trinajstić information content (AvgIpc) is 0.824. The number of sulfonamides is 4. The van der Waals surface area contributed by atoms with Gasteiger partial charge in [-0.2, -0.15) is 37.9 Å². The fourth-order valence-corrected chi connectivity index (χ4v) is 26.0. The summed E-state index contributed by atoms with van der Waals surface area (Å²) in [5, 5.41) is 23.7. The molecular formula is C83H97F4N23O12S8. The van der Waals surface area contributed by atoms with Crippen LogP contribution in [0.15, 0.2) is 148 Å². The Bertz CT molecular complexity index is 6010. The Kier molecular flexibility index (Phi) is 27.4. The van der Waals surface area contributed by atoms with Gasteiger partial charge in [0.15, 0.2) is 0 Å². The number of nitrogens with one attached hydrogen (secondary N) is 6. The molecule has 20 rings (SSSR count). The minimum Gasteiger partial charge on any atom is -0.493 e. The molecule has 0 spiro atoms. The third-order valence-corrected chi connectivity index (χ3v) is 33.6. The van der Waals surface area contributed by atoms with Crippen molar-refractivity contribution in [2.45, 2.75) is 173 Å². The second-order valence-corrected chi connectivity index (χ2v) is 43.5. The SMILES string of the molecule is C[C@@H]1CCN([C@H]2CCOc3cc(S(=O)(=O)Nc4ccns4)c(F)cc32)[C@H](c2ccn[nH]2)C1.C[C@@H]1CCN([C@H]2CCOc3cc(S(=O)(=O)Nc4ncns4)c(F)cc32)[C@H](c2ccn[nH]2)C1.C[C@@H]1CCN([C@H]2CCOc3cc(S(=O)(=O)Nc4ncns4)c(F)cc32)[C@H](c2ccnn2C)C1.C[C@@H]1CCN([C@H]2CCOc3cc(S(=O)(=O)Nc4ncns4)c(F)cc32)[C@H](c2ccnn2C)C1. The number of aromatic nitrogens is 15.